The molecule has 31 heavy (non-hydrogen) atoms. The summed E-state index contributed by atoms with van der Waals surface area (Å²) >= 11 is 0. The van der Waals surface area contributed by atoms with Gasteiger partial charge in [-0.05, 0) is 69.9 Å². The van der Waals surface area contributed by atoms with E-state index < -0.39 is 0 Å². The van der Waals surface area contributed by atoms with Crippen molar-refractivity contribution in [2.24, 2.45) is 0 Å². The van der Waals surface area contributed by atoms with Gasteiger partial charge in [-0.2, -0.15) is 0 Å². The first-order valence-electron chi connectivity index (χ1n) is 10.6. The number of aromatic nitrogens is 3. The quantitative estimate of drug-likeness (QED) is 0.617. The smallest absolute Gasteiger partial charge is 0.257 e. The number of ether oxygens (including phenoxy) is 1. The van der Waals surface area contributed by atoms with Crippen LogP contribution in [0.1, 0.15) is 47.4 Å². The molecule has 0 aliphatic heterocycles. The number of para-hydroxylation sites is 1. The molecule has 3 aromatic rings. The molecule has 0 unspecified atom stereocenters. The molecule has 1 aliphatic carbocycles. The molecule has 1 saturated carbocycles. The number of nitrogens with one attached hydrogen (secondary N) is 2. The van der Waals surface area contributed by atoms with Crippen LogP contribution in [0.15, 0.2) is 54.7 Å². The van der Waals surface area contributed by atoms with E-state index in [9.17, 15) is 4.79 Å². The molecule has 1 aromatic carbocycles. The van der Waals surface area contributed by atoms with Gasteiger partial charge in [0.15, 0.2) is 0 Å². The second-order valence-corrected chi connectivity index (χ2v) is 7.91. The minimum absolute atomic E-state index is 0.121. The highest BCUT2D eigenvalue weighted by atomic mass is 16.5. The Morgan fingerprint density at radius 1 is 0.935 bits per heavy atom. The summed E-state index contributed by atoms with van der Waals surface area (Å²) in [6, 6.07) is 15.2. The molecule has 0 atom stereocenters. The zero-order valence-corrected chi connectivity index (χ0v) is 17.8. The standard InChI is InChI=1S/C24H27N5O2/c1-16-15-17(2)27-24(26-16)29-19-12-10-18(11-13-19)28-22(30)21-9-6-14-25-23(21)31-20-7-4-3-5-8-20/h3-9,14-15,18-19H,10-13H2,1-2H3,(H,28,30)(H,26,27,29). The predicted molar refractivity (Wildman–Crippen MR) is 119 cm³/mol. The Hall–Kier alpha value is -3.48. The molecule has 2 heterocycles. The highest BCUT2D eigenvalue weighted by Gasteiger charge is 2.24. The van der Waals surface area contributed by atoms with Crippen LogP contribution >= 0.6 is 0 Å². The number of carbonyl (C=O) groups excluding carboxylic acids is 1. The minimum Gasteiger partial charge on any atom is -0.438 e. The number of pyridine rings is 1. The third-order valence-corrected chi connectivity index (χ3v) is 5.35. The predicted octanol–water partition coefficient (Wildman–Crippen LogP) is 4.43. The van der Waals surface area contributed by atoms with E-state index in [0.29, 0.717) is 29.2 Å². The van der Waals surface area contributed by atoms with Crippen molar-refractivity contribution in [3.63, 3.8) is 0 Å². The van der Waals surface area contributed by atoms with Crippen molar-refractivity contribution in [2.75, 3.05) is 5.32 Å². The number of benzene rings is 1. The number of carbonyl (C=O) groups is 1. The van der Waals surface area contributed by atoms with Crippen LogP contribution < -0.4 is 15.4 Å². The maximum atomic E-state index is 12.9. The summed E-state index contributed by atoms with van der Waals surface area (Å²) in [6.45, 7) is 3.95. The van der Waals surface area contributed by atoms with Gasteiger partial charge in [-0.25, -0.2) is 15.0 Å². The van der Waals surface area contributed by atoms with E-state index in [1.54, 1.807) is 18.3 Å². The molecule has 1 fully saturated rings. The van der Waals surface area contributed by atoms with Crippen molar-refractivity contribution >= 4 is 11.9 Å². The van der Waals surface area contributed by atoms with Gasteiger partial charge in [-0.15, -0.1) is 0 Å². The van der Waals surface area contributed by atoms with Crippen molar-refractivity contribution < 1.29 is 9.53 Å². The third-order valence-electron chi connectivity index (χ3n) is 5.35. The van der Waals surface area contributed by atoms with Crippen LogP contribution in [0, 0.1) is 13.8 Å². The largest absolute Gasteiger partial charge is 0.438 e. The van der Waals surface area contributed by atoms with Gasteiger partial charge in [0, 0.05) is 29.7 Å². The van der Waals surface area contributed by atoms with Gasteiger partial charge in [-0.3, -0.25) is 4.79 Å². The summed E-state index contributed by atoms with van der Waals surface area (Å²) in [7, 11) is 0. The number of anilines is 1. The maximum Gasteiger partial charge on any atom is 0.257 e. The van der Waals surface area contributed by atoms with Crippen LogP contribution in [0.5, 0.6) is 11.6 Å². The molecule has 0 bridgehead atoms. The first-order valence-corrected chi connectivity index (χ1v) is 10.6. The van der Waals surface area contributed by atoms with E-state index >= 15 is 0 Å². The molecule has 7 heteroatoms. The van der Waals surface area contributed by atoms with Crippen molar-refractivity contribution in [1.29, 1.82) is 0 Å². The highest BCUT2D eigenvalue weighted by Crippen LogP contribution is 2.25. The van der Waals surface area contributed by atoms with Gasteiger partial charge in [0.2, 0.25) is 11.8 Å². The van der Waals surface area contributed by atoms with Crippen LogP contribution in [0.3, 0.4) is 0 Å². The SMILES string of the molecule is Cc1cc(C)nc(NC2CCC(NC(=O)c3cccnc3Oc3ccccc3)CC2)n1. The van der Waals surface area contributed by atoms with Gasteiger partial charge in [-0.1, -0.05) is 18.2 Å². The van der Waals surface area contributed by atoms with E-state index in [1.807, 2.05) is 50.2 Å². The lowest BCUT2D eigenvalue weighted by molar-refractivity contribution is 0.0923. The van der Waals surface area contributed by atoms with Gasteiger partial charge < -0.3 is 15.4 Å². The molecule has 2 aromatic heterocycles. The van der Waals surface area contributed by atoms with E-state index in [2.05, 4.69) is 25.6 Å². The van der Waals surface area contributed by atoms with Gasteiger partial charge >= 0.3 is 0 Å². The molecule has 7 nitrogen and oxygen atoms in total. The fourth-order valence-electron chi connectivity index (χ4n) is 3.86. The Morgan fingerprint density at radius 3 is 2.32 bits per heavy atom. The molecule has 0 radical (unpaired) electrons. The van der Waals surface area contributed by atoms with E-state index in [4.69, 9.17) is 4.74 Å². The summed E-state index contributed by atoms with van der Waals surface area (Å²) in [5.74, 6) is 1.49. The number of hydrogen-bond donors (Lipinski definition) is 2. The average molecular weight is 418 g/mol. The molecular weight excluding hydrogens is 390 g/mol. The van der Waals surface area contributed by atoms with Crippen LogP contribution in [-0.4, -0.2) is 32.9 Å². The molecule has 1 aliphatic rings. The van der Waals surface area contributed by atoms with E-state index in [-0.39, 0.29) is 11.9 Å². The average Bonchev–Trinajstić information content (AvgIpc) is 2.75. The van der Waals surface area contributed by atoms with Crippen LogP contribution in [0.4, 0.5) is 5.95 Å². The minimum atomic E-state index is -0.159. The summed E-state index contributed by atoms with van der Waals surface area (Å²) in [5, 5.41) is 6.59. The molecular formula is C24H27N5O2. The van der Waals surface area contributed by atoms with Crippen molar-refractivity contribution in [1.82, 2.24) is 20.3 Å². The van der Waals surface area contributed by atoms with Gasteiger partial charge in [0.25, 0.3) is 5.91 Å². The zero-order chi connectivity index (χ0) is 21.6. The Balaban J connectivity index is 1.33. The molecule has 0 spiro atoms. The number of amides is 1. The van der Waals surface area contributed by atoms with E-state index in [0.717, 1.165) is 37.1 Å². The van der Waals surface area contributed by atoms with E-state index in [1.165, 1.54) is 0 Å². The van der Waals surface area contributed by atoms with Crippen molar-refractivity contribution in [3.8, 4) is 11.6 Å². The monoisotopic (exact) mass is 417 g/mol. The van der Waals surface area contributed by atoms with Crippen LogP contribution in [0.2, 0.25) is 0 Å². The zero-order valence-electron chi connectivity index (χ0n) is 17.8. The third kappa shape index (κ3) is 5.57. The topological polar surface area (TPSA) is 89.0 Å². The Kier molecular flexibility index (Phi) is 6.40. The number of aryl methyl sites for hydroxylation is 2. The summed E-state index contributed by atoms with van der Waals surface area (Å²) < 4.78 is 5.83. The Bertz CT molecular complexity index is 1010. The van der Waals surface area contributed by atoms with Crippen LogP contribution in [-0.2, 0) is 0 Å². The van der Waals surface area contributed by atoms with Crippen molar-refractivity contribution in [2.45, 2.75) is 51.6 Å². The highest BCUT2D eigenvalue weighted by molar-refractivity contribution is 5.96. The summed E-state index contributed by atoms with van der Waals surface area (Å²) in [4.78, 5) is 26.1. The fourth-order valence-corrected chi connectivity index (χ4v) is 3.86. The second kappa shape index (κ2) is 9.55. The normalized spacial score (nSPS) is 18.3. The number of rotatable bonds is 6. The maximum absolute atomic E-state index is 12.9. The molecule has 2 N–H and O–H groups in total. The second-order valence-electron chi connectivity index (χ2n) is 7.91. The van der Waals surface area contributed by atoms with Crippen LogP contribution in [0.25, 0.3) is 0 Å². The molecule has 0 saturated heterocycles. The number of nitrogens with zero attached hydrogens (tertiary/aromatic N) is 3. The Morgan fingerprint density at radius 2 is 1.61 bits per heavy atom. The summed E-state index contributed by atoms with van der Waals surface area (Å²) in [6.07, 6.45) is 5.30. The lowest BCUT2D eigenvalue weighted by Gasteiger charge is -2.29. The first-order chi connectivity index (χ1) is 15.1. The fraction of sp³-hybridized carbons (Fsp3) is 0.333. The molecule has 4 rings (SSSR count). The lowest BCUT2D eigenvalue weighted by atomic mass is 9.91. The lowest BCUT2D eigenvalue weighted by Crippen LogP contribution is -2.40. The van der Waals surface area contributed by atoms with Gasteiger partial charge in [0.1, 0.15) is 11.3 Å². The molecule has 160 valence electrons. The first kappa shape index (κ1) is 20.8. The Labute approximate surface area is 182 Å². The molecule has 1 amide bonds. The number of hydrogen-bond acceptors (Lipinski definition) is 6. The van der Waals surface area contributed by atoms with Gasteiger partial charge in [0.05, 0.1) is 0 Å². The summed E-state index contributed by atoms with van der Waals surface area (Å²) in [5.41, 5.74) is 2.36. The van der Waals surface area contributed by atoms with Crippen molar-refractivity contribution in [3.05, 3.63) is 71.7 Å².